The molecule has 1 aliphatic rings. The van der Waals surface area contributed by atoms with Crippen molar-refractivity contribution in [3.8, 4) is 0 Å². The van der Waals surface area contributed by atoms with Crippen LogP contribution in [0.1, 0.15) is 44.0 Å². The first kappa shape index (κ1) is 15.5. The fraction of sp³-hybridized carbons (Fsp3) is 0.667. The van der Waals surface area contributed by atoms with Crippen LogP contribution in [0.25, 0.3) is 0 Å². The summed E-state index contributed by atoms with van der Waals surface area (Å²) in [6.07, 6.45) is 1.59. The minimum atomic E-state index is -0.187. The maximum Gasteiger partial charge on any atom is 0.220 e. The number of rotatable bonds is 4. The lowest BCUT2D eigenvalue weighted by Gasteiger charge is -2.33. The number of anilines is 2. The molecule has 1 aliphatic heterocycles. The number of hydrogen-bond donors (Lipinski definition) is 2. The second-order valence-electron chi connectivity index (χ2n) is 5.95. The molecule has 6 heteroatoms. The van der Waals surface area contributed by atoms with Gasteiger partial charge >= 0.3 is 0 Å². The van der Waals surface area contributed by atoms with E-state index < -0.39 is 0 Å². The van der Waals surface area contributed by atoms with Crippen molar-refractivity contribution in [3.05, 3.63) is 11.4 Å². The molecule has 0 unspecified atom stereocenters. The van der Waals surface area contributed by atoms with Crippen molar-refractivity contribution in [2.45, 2.75) is 39.5 Å². The molecule has 0 aromatic carbocycles. The number of nitrogens with zero attached hydrogens (tertiary/aromatic N) is 3. The van der Waals surface area contributed by atoms with E-state index in [0.717, 1.165) is 49.0 Å². The van der Waals surface area contributed by atoms with Gasteiger partial charge in [0, 0.05) is 37.5 Å². The van der Waals surface area contributed by atoms with E-state index in [1.807, 2.05) is 14.0 Å². The standard InChI is InChI=1S/C15H25N5O/c1-9(2)13-18-14(17-4)10(3)15(19-13)20-7-5-11(6-8-20)12(16)21/h9,11H,5-8H2,1-4H3,(H2,16,21)(H,17,18,19). The molecule has 1 aromatic rings. The minimum Gasteiger partial charge on any atom is -0.373 e. The molecule has 2 rings (SSSR count). The molecule has 3 N–H and O–H groups in total. The van der Waals surface area contributed by atoms with Crippen molar-refractivity contribution in [2.75, 3.05) is 30.4 Å². The highest BCUT2D eigenvalue weighted by molar-refractivity contribution is 5.77. The number of primary amides is 1. The first-order valence-corrected chi connectivity index (χ1v) is 7.54. The normalized spacial score (nSPS) is 16.3. The van der Waals surface area contributed by atoms with E-state index in [2.05, 4.69) is 29.0 Å². The summed E-state index contributed by atoms with van der Waals surface area (Å²) in [5.41, 5.74) is 6.45. The summed E-state index contributed by atoms with van der Waals surface area (Å²) in [7, 11) is 1.88. The molecular formula is C15H25N5O. The molecule has 0 atom stereocenters. The van der Waals surface area contributed by atoms with Gasteiger partial charge in [-0.1, -0.05) is 13.8 Å². The minimum absolute atomic E-state index is 0.00302. The zero-order valence-electron chi connectivity index (χ0n) is 13.3. The van der Waals surface area contributed by atoms with E-state index in [1.54, 1.807) is 0 Å². The van der Waals surface area contributed by atoms with Crippen molar-refractivity contribution in [2.24, 2.45) is 11.7 Å². The molecule has 1 saturated heterocycles. The van der Waals surface area contributed by atoms with E-state index in [0.29, 0.717) is 0 Å². The second kappa shape index (κ2) is 6.28. The fourth-order valence-corrected chi connectivity index (χ4v) is 2.71. The van der Waals surface area contributed by atoms with Crippen LogP contribution in [-0.2, 0) is 4.79 Å². The van der Waals surface area contributed by atoms with E-state index in [1.165, 1.54) is 0 Å². The van der Waals surface area contributed by atoms with Crippen LogP contribution in [0.4, 0.5) is 11.6 Å². The molecule has 0 spiro atoms. The van der Waals surface area contributed by atoms with Gasteiger partial charge in [0.15, 0.2) is 0 Å². The second-order valence-corrected chi connectivity index (χ2v) is 5.95. The number of amides is 1. The van der Waals surface area contributed by atoms with Gasteiger partial charge in [0.1, 0.15) is 17.5 Å². The van der Waals surface area contributed by atoms with E-state index in [9.17, 15) is 4.79 Å². The largest absolute Gasteiger partial charge is 0.373 e. The average molecular weight is 291 g/mol. The van der Waals surface area contributed by atoms with Crippen LogP contribution in [-0.4, -0.2) is 36.0 Å². The summed E-state index contributed by atoms with van der Waals surface area (Å²) in [4.78, 5) is 22.8. The summed E-state index contributed by atoms with van der Waals surface area (Å²) < 4.78 is 0. The predicted molar refractivity (Wildman–Crippen MR) is 84.5 cm³/mol. The molecular weight excluding hydrogens is 266 g/mol. The lowest BCUT2D eigenvalue weighted by Crippen LogP contribution is -2.39. The van der Waals surface area contributed by atoms with Crippen molar-refractivity contribution >= 4 is 17.5 Å². The molecule has 1 amide bonds. The van der Waals surface area contributed by atoms with Gasteiger partial charge in [-0.3, -0.25) is 4.79 Å². The van der Waals surface area contributed by atoms with E-state index in [-0.39, 0.29) is 17.7 Å². The molecule has 0 saturated carbocycles. The Morgan fingerprint density at radius 1 is 1.33 bits per heavy atom. The highest BCUT2D eigenvalue weighted by Crippen LogP contribution is 2.29. The first-order valence-electron chi connectivity index (χ1n) is 7.54. The molecule has 1 aromatic heterocycles. The summed E-state index contributed by atoms with van der Waals surface area (Å²) in [6, 6.07) is 0. The summed E-state index contributed by atoms with van der Waals surface area (Å²) in [6.45, 7) is 7.84. The van der Waals surface area contributed by atoms with Gasteiger partial charge in [-0.15, -0.1) is 0 Å². The van der Waals surface area contributed by atoms with Crippen LogP contribution in [0.15, 0.2) is 0 Å². The van der Waals surface area contributed by atoms with Gasteiger partial charge in [-0.2, -0.15) is 0 Å². The monoisotopic (exact) mass is 291 g/mol. The Balaban J connectivity index is 2.27. The zero-order chi connectivity index (χ0) is 15.6. The molecule has 0 aliphatic carbocycles. The van der Waals surface area contributed by atoms with Gasteiger partial charge < -0.3 is 16.0 Å². The lowest BCUT2D eigenvalue weighted by molar-refractivity contribution is -0.122. The molecule has 0 bridgehead atoms. The van der Waals surface area contributed by atoms with Gasteiger partial charge in [0.2, 0.25) is 5.91 Å². The first-order chi connectivity index (χ1) is 9.93. The molecule has 2 heterocycles. The van der Waals surface area contributed by atoms with E-state index >= 15 is 0 Å². The number of nitrogens with two attached hydrogens (primary N) is 1. The molecule has 6 nitrogen and oxygen atoms in total. The molecule has 116 valence electrons. The van der Waals surface area contributed by atoms with Crippen molar-refractivity contribution in [1.82, 2.24) is 9.97 Å². The van der Waals surface area contributed by atoms with Crippen LogP contribution in [0.5, 0.6) is 0 Å². The third kappa shape index (κ3) is 3.25. The fourth-order valence-electron chi connectivity index (χ4n) is 2.71. The highest BCUT2D eigenvalue weighted by Gasteiger charge is 2.26. The number of carbonyl (C=O) groups excluding carboxylic acids is 1. The SMILES string of the molecule is CNc1nc(C(C)C)nc(N2CCC(C(N)=O)CC2)c1C. The smallest absolute Gasteiger partial charge is 0.220 e. The van der Waals surface area contributed by atoms with Crippen LogP contribution >= 0.6 is 0 Å². The van der Waals surface area contributed by atoms with Crippen LogP contribution in [0, 0.1) is 12.8 Å². The van der Waals surface area contributed by atoms with Crippen LogP contribution < -0.4 is 16.0 Å². The van der Waals surface area contributed by atoms with Crippen LogP contribution in [0.3, 0.4) is 0 Å². The number of hydrogen-bond acceptors (Lipinski definition) is 5. The highest BCUT2D eigenvalue weighted by atomic mass is 16.1. The predicted octanol–water partition coefficient (Wildman–Crippen LogP) is 1.65. The van der Waals surface area contributed by atoms with Crippen molar-refractivity contribution < 1.29 is 4.79 Å². The van der Waals surface area contributed by atoms with Gasteiger partial charge in [-0.25, -0.2) is 9.97 Å². The Labute approximate surface area is 126 Å². The topological polar surface area (TPSA) is 84.1 Å². The maximum absolute atomic E-state index is 11.3. The number of nitrogens with one attached hydrogen (secondary N) is 1. The van der Waals surface area contributed by atoms with E-state index in [4.69, 9.17) is 10.7 Å². The Hall–Kier alpha value is -1.85. The number of piperidine rings is 1. The summed E-state index contributed by atoms with van der Waals surface area (Å²) in [5.74, 6) is 2.78. The molecule has 21 heavy (non-hydrogen) atoms. The molecule has 0 radical (unpaired) electrons. The quantitative estimate of drug-likeness (QED) is 0.881. The average Bonchev–Trinajstić information content (AvgIpc) is 2.47. The number of aromatic nitrogens is 2. The third-order valence-electron chi connectivity index (χ3n) is 4.09. The van der Waals surface area contributed by atoms with Crippen molar-refractivity contribution in [3.63, 3.8) is 0 Å². The van der Waals surface area contributed by atoms with Gasteiger partial charge in [0.25, 0.3) is 0 Å². The summed E-state index contributed by atoms with van der Waals surface area (Å²) in [5, 5.41) is 3.15. The van der Waals surface area contributed by atoms with Gasteiger partial charge in [0.05, 0.1) is 0 Å². The Morgan fingerprint density at radius 2 is 1.95 bits per heavy atom. The Kier molecular flexibility index (Phi) is 4.65. The summed E-state index contributed by atoms with van der Waals surface area (Å²) >= 11 is 0. The van der Waals surface area contributed by atoms with Crippen LogP contribution in [0.2, 0.25) is 0 Å². The Bertz CT molecular complexity index is 521. The maximum atomic E-state index is 11.3. The third-order valence-corrected chi connectivity index (χ3v) is 4.09. The Morgan fingerprint density at radius 3 is 2.43 bits per heavy atom. The zero-order valence-corrected chi connectivity index (χ0v) is 13.3. The van der Waals surface area contributed by atoms with Crippen molar-refractivity contribution in [1.29, 1.82) is 0 Å². The lowest BCUT2D eigenvalue weighted by atomic mass is 9.96. The van der Waals surface area contributed by atoms with Gasteiger partial charge in [-0.05, 0) is 19.8 Å². The number of carbonyl (C=O) groups is 1. The molecule has 1 fully saturated rings.